The van der Waals surface area contributed by atoms with E-state index in [0.717, 1.165) is 49.3 Å². The number of rotatable bonds is 9. The van der Waals surface area contributed by atoms with E-state index in [0.29, 0.717) is 12.4 Å². The maximum absolute atomic E-state index is 11.1. The highest BCUT2D eigenvalue weighted by molar-refractivity contribution is 6.02. The second-order valence-electron chi connectivity index (χ2n) is 9.57. The molecule has 2 aliphatic heterocycles. The van der Waals surface area contributed by atoms with Gasteiger partial charge in [-0.15, -0.1) is 0 Å². The minimum atomic E-state index is -0.779. The van der Waals surface area contributed by atoms with E-state index in [1.807, 2.05) is 47.4 Å². The summed E-state index contributed by atoms with van der Waals surface area (Å²) in [6.07, 6.45) is 1.61. The molecule has 3 N–H and O–H groups in total. The zero-order valence-electron chi connectivity index (χ0n) is 20.5. The first-order valence-corrected chi connectivity index (χ1v) is 12.3. The van der Waals surface area contributed by atoms with Crippen LogP contribution in [0.15, 0.2) is 59.8 Å². The number of nitrogens with one attached hydrogen (secondary N) is 2. The fraction of sp³-hybridized carbons (Fsp3) is 0.444. The lowest BCUT2D eigenvalue weighted by atomic mass is 10.0. The number of oxime groups is 1. The Bertz CT molecular complexity index is 1030. The van der Waals surface area contributed by atoms with Crippen molar-refractivity contribution >= 4 is 17.5 Å². The van der Waals surface area contributed by atoms with Gasteiger partial charge in [0.05, 0.1) is 12.3 Å². The predicted octanol–water partition coefficient (Wildman–Crippen LogP) is 2.82. The van der Waals surface area contributed by atoms with Crippen molar-refractivity contribution in [3.63, 3.8) is 0 Å². The van der Waals surface area contributed by atoms with Gasteiger partial charge < -0.3 is 15.3 Å². The highest BCUT2D eigenvalue weighted by Crippen LogP contribution is 2.21. The molecule has 0 bridgehead atoms. The van der Waals surface area contributed by atoms with E-state index >= 15 is 0 Å². The van der Waals surface area contributed by atoms with Crippen molar-refractivity contribution in [2.75, 3.05) is 32.7 Å². The number of hydrogen-bond acceptors (Lipinski definition) is 6. The first-order valence-electron chi connectivity index (χ1n) is 12.3. The smallest absolute Gasteiger partial charge is 0.317 e. The van der Waals surface area contributed by atoms with Crippen LogP contribution in [0.25, 0.3) is 0 Å². The van der Waals surface area contributed by atoms with Gasteiger partial charge in [0.25, 0.3) is 0 Å². The molecule has 0 aliphatic carbocycles. The average Bonchev–Trinajstić information content (AvgIpc) is 3.30. The number of carboxylic acids is 1. The molecule has 3 atom stereocenters. The Morgan fingerprint density at radius 1 is 1.11 bits per heavy atom. The van der Waals surface area contributed by atoms with Gasteiger partial charge in [-0.1, -0.05) is 59.8 Å². The van der Waals surface area contributed by atoms with E-state index in [1.165, 1.54) is 5.56 Å². The number of hydrogen-bond donors (Lipinski definition) is 3. The third-order valence-corrected chi connectivity index (χ3v) is 6.75. The van der Waals surface area contributed by atoms with Crippen LogP contribution in [0, 0.1) is 5.41 Å². The lowest BCUT2D eigenvalue weighted by Gasteiger charge is -2.44. The normalized spacial score (nSPS) is 22.9. The molecule has 1 fully saturated rings. The second kappa shape index (κ2) is 11.5. The molecule has 186 valence electrons. The summed E-state index contributed by atoms with van der Waals surface area (Å²) in [6.45, 7) is 7.38. The first kappa shape index (κ1) is 24.9. The third-order valence-electron chi connectivity index (χ3n) is 6.75. The van der Waals surface area contributed by atoms with E-state index in [9.17, 15) is 4.79 Å². The first-order chi connectivity index (χ1) is 16.9. The van der Waals surface area contributed by atoms with Gasteiger partial charge in [0.2, 0.25) is 0 Å². The van der Waals surface area contributed by atoms with Crippen LogP contribution in [0.2, 0.25) is 0 Å². The molecule has 8 heteroatoms. The fourth-order valence-corrected chi connectivity index (χ4v) is 4.98. The Labute approximate surface area is 207 Å². The monoisotopic (exact) mass is 477 g/mol. The highest BCUT2D eigenvalue weighted by atomic mass is 16.6. The highest BCUT2D eigenvalue weighted by Gasteiger charge is 2.33. The average molecular weight is 478 g/mol. The van der Waals surface area contributed by atoms with Crippen LogP contribution >= 0.6 is 0 Å². The van der Waals surface area contributed by atoms with Gasteiger partial charge in [0.1, 0.15) is 11.9 Å². The molecule has 4 rings (SSSR count). The lowest BCUT2D eigenvalue weighted by molar-refractivity contribution is -0.140. The topological polar surface area (TPSA) is 101 Å². The van der Waals surface area contributed by atoms with Crippen LogP contribution in [0.5, 0.6) is 0 Å². The molecule has 2 aromatic carbocycles. The number of aliphatic carboxylic acids is 1. The molecule has 0 amide bonds. The molecule has 3 unspecified atom stereocenters. The Balaban J connectivity index is 1.23. The van der Waals surface area contributed by atoms with E-state index in [-0.39, 0.29) is 24.7 Å². The number of carbonyl (C=O) groups is 1. The standard InChI is InChI=1S/C27H35N5O3/c1-19-15-31(16-20(2)32(19)18-26(33)34)17-24-14-25(30-35-24)22-8-10-23(11-9-22)27(28)29-13-12-21-6-4-3-5-7-21/h3-11,19-20,24H,12-18H2,1-2H3,(H2,28,29)(H,33,34). The molecule has 1 saturated heterocycles. The number of carboxylic acid groups (broad SMARTS) is 1. The zero-order chi connectivity index (χ0) is 24.8. The predicted molar refractivity (Wildman–Crippen MR) is 137 cm³/mol. The van der Waals surface area contributed by atoms with Gasteiger partial charge in [-0.2, -0.15) is 0 Å². The SMILES string of the molecule is CC1CN(CC2CC(c3ccc(C(=N)NCCc4ccccc4)cc3)=NO2)CC(C)N1CC(=O)O. The quantitative estimate of drug-likeness (QED) is 0.379. The van der Waals surface area contributed by atoms with Gasteiger partial charge in [-0.05, 0) is 31.4 Å². The summed E-state index contributed by atoms with van der Waals surface area (Å²) in [5, 5.41) is 25.0. The van der Waals surface area contributed by atoms with Crippen LogP contribution in [0.4, 0.5) is 0 Å². The van der Waals surface area contributed by atoms with Crippen molar-refractivity contribution in [3.05, 3.63) is 71.3 Å². The molecule has 2 aromatic rings. The molecular weight excluding hydrogens is 442 g/mol. The fourth-order valence-electron chi connectivity index (χ4n) is 4.98. The maximum atomic E-state index is 11.1. The second-order valence-corrected chi connectivity index (χ2v) is 9.57. The van der Waals surface area contributed by atoms with E-state index < -0.39 is 5.97 Å². The molecule has 8 nitrogen and oxygen atoms in total. The van der Waals surface area contributed by atoms with Crippen LogP contribution in [-0.2, 0) is 16.1 Å². The van der Waals surface area contributed by atoms with Crippen molar-refractivity contribution < 1.29 is 14.7 Å². The van der Waals surface area contributed by atoms with Crippen LogP contribution in [-0.4, -0.2) is 83.3 Å². The third kappa shape index (κ3) is 6.68. The molecule has 0 aromatic heterocycles. The molecule has 35 heavy (non-hydrogen) atoms. The minimum absolute atomic E-state index is 0.00643. The zero-order valence-corrected chi connectivity index (χ0v) is 20.5. The summed E-state index contributed by atoms with van der Waals surface area (Å²) in [7, 11) is 0. The van der Waals surface area contributed by atoms with Crippen LogP contribution in [0.1, 0.15) is 37.0 Å². The summed E-state index contributed by atoms with van der Waals surface area (Å²) < 4.78 is 0. The van der Waals surface area contributed by atoms with E-state index in [2.05, 4.69) is 41.4 Å². The largest absolute Gasteiger partial charge is 0.480 e. The van der Waals surface area contributed by atoms with Crippen molar-refractivity contribution in [1.29, 1.82) is 5.41 Å². The van der Waals surface area contributed by atoms with Crippen molar-refractivity contribution in [3.8, 4) is 0 Å². The summed E-state index contributed by atoms with van der Waals surface area (Å²) in [6, 6.07) is 18.5. The van der Waals surface area contributed by atoms with Crippen molar-refractivity contribution in [2.24, 2.45) is 5.16 Å². The van der Waals surface area contributed by atoms with E-state index in [4.69, 9.17) is 15.4 Å². The summed E-state index contributed by atoms with van der Waals surface area (Å²) in [5.74, 6) is -0.362. The van der Waals surface area contributed by atoms with Crippen molar-refractivity contribution in [1.82, 2.24) is 15.1 Å². The molecular formula is C27H35N5O3. The molecule has 2 heterocycles. The maximum Gasteiger partial charge on any atom is 0.317 e. The van der Waals surface area contributed by atoms with Gasteiger partial charge in [-0.3, -0.25) is 20.0 Å². The number of benzene rings is 2. The van der Waals surface area contributed by atoms with Gasteiger partial charge in [0.15, 0.2) is 0 Å². The number of nitrogens with zero attached hydrogens (tertiary/aromatic N) is 3. The molecule has 0 spiro atoms. The molecule has 2 aliphatic rings. The Morgan fingerprint density at radius 3 is 2.46 bits per heavy atom. The van der Waals surface area contributed by atoms with Crippen LogP contribution in [0.3, 0.4) is 0 Å². The summed E-state index contributed by atoms with van der Waals surface area (Å²) in [4.78, 5) is 21.3. The molecule has 0 saturated carbocycles. The van der Waals surface area contributed by atoms with Gasteiger partial charge in [0, 0.05) is 50.2 Å². The minimum Gasteiger partial charge on any atom is -0.480 e. The number of piperazine rings is 1. The van der Waals surface area contributed by atoms with Gasteiger partial charge >= 0.3 is 5.97 Å². The summed E-state index contributed by atoms with van der Waals surface area (Å²) in [5.41, 5.74) is 4.04. The summed E-state index contributed by atoms with van der Waals surface area (Å²) >= 11 is 0. The van der Waals surface area contributed by atoms with Crippen LogP contribution < -0.4 is 5.32 Å². The lowest BCUT2D eigenvalue weighted by Crippen LogP contribution is -2.58. The molecule has 0 radical (unpaired) electrons. The Morgan fingerprint density at radius 2 is 1.80 bits per heavy atom. The number of amidine groups is 1. The Hall–Kier alpha value is -3.23. The van der Waals surface area contributed by atoms with Crippen molar-refractivity contribution in [2.45, 2.75) is 44.9 Å². The van der Waals surface area contributed by atoms with Gasteiger partial charge in [-0.25, -0.2) is 0 Å². The Kier molecular flexibility index (Phi) is 8.15. The van der Waals surface area contributed by atoms with E-state index in [1.54, 1.807) is 0 Å².